The number of piperazine rings is 1. The van der Waals surface area contributed by atoms with Crippen LogP contribution in [0.15, 0.2) is 30.3 Å². The molecule has 0 spiro atoms. The number of halogens is 1. The van der Waals surface area contributed by atoms with Crippen LogP contribution in [-0.4, -0.2) is 44.7 Å². The molecule has 0 saturated carbocycles. The summed E-state index contributed by atoms with van der Waals surface area (Å²) < 4.78 is 25.7. The molecule has 1 aromatic rings. The number of benzene rings is 1. The molecule has 0 atom stereocenters. The summed E-state index contributed by atoms with van der Waals surface area (Å²) in [5.74, 6) is 0.205. The highest BCUT2D eigenvalue weighted by molar-refractivity contribution is 7.89. The lowest BCUT2D eigenvalue weighted by Gasteiger charge is -2.26. The lowest BCUT2D eigenvalue weighted by molar-refractivity contribution is 0.360. The molecular formula is C12H19ClN2O2S. The Hall–Kier alpha value is -0.620. The first-order valence-electron chi connectivity index (χ1n) is 5.91. The maximum atomic E-state index is 12.1. The SMILES string of the molecule is Cl.O=S(=O)(CCc1ccccc1)N1CCNCC1. The van der Waals surface area contributed by atoms with Crippen molar-refractivity contribution >= 4 is 22.4 Å². The van der Waals surface area contributed by atoms with Crippen molar-refractivity contribution < 1.29 is 8.42 Å². The van der Waals surface area contributed by atoms with Crippen LogP contribution in [0, 0.1) is 0 Å². The second kappa shape index (κ2) is 7.09. The van der Waals surface area contributed by atoms with Gasteiger partial charge >= 0.3 is 0 Å². The zero-order chi connectivity index (χ0) is 12.1. The Balaban J connectivity index is 0.00000162. The van der Waals surface area contributed by atoms with Crippen LogP contribution in [0.25, 0.3) is 0 Å². The zero-order valence-electron chi connectivity index (χ0n) is 10.2. The Kier molecular flexibility index (Phi) is 6.08. The van der Waals surface area contributed by atoms with Crippen molar-refractivity contribution in [3.8, 4) is 0 Å². The molecule has 1 aromatic carbocycles. The zero-order valence-corrected chi connectivity index (χ0v) is 11.8. The van der Waals surface area contributed by atoms with Gasteiger partial charge in [-0.3, -0.25) is 0 Å². The van der Waals surface area contributed by atoms with E-state index in [-0.39, 0.29) is 18.2 Å². The molecule has 1 saturated heterocycles. The van der Waals surface area contributed by atoms with Crippen molar-refractivity contribution in [2.75, 3.05) is 31.9 Å². The highest BCUT2D eigenvalue weighted by Gasteiger charge is 2.23. The molecule has 1 heterocycles. The van der Waals surface area contributed by atoms with E-state index in [1.807, 2.05) is 30.3 Å². The van der Waals surface area contributed by atoms with Crippen molar-refractivity contribution in [2.24, 2.45) is 0 Å². The highest BCUT2D eigenvalue weighted by atomic mass is 35.5. The molecule has 1 aliphatic heterocycles. The molecule has 0 aliphatic carbocycles. The summed E-state index contributed by atoms with van der Waals surface area (Å²) in [4.78, 5) is 0. The summed E-state index contributed by atoms with van der Waals surface area (Å²) in [7, 11) is -3.09. The van der Waals surface area contributed by atoms with Gasteiger partial charge in [0.2, 0.25) is 10.0 Å². The lowest BCUT2D eigenvalue weighted by atomic mass is 10.2. The number of hydrogen-bond acceptors (Lipinski definition) is 3. The molecule has 0 amide bonds. The van der Waals surface area contributed by atoms with Gasteiger partial charge in [0.05, 0.1) is 5.75 Å². The van der Waals surface area contributed by atoms with Crippen molar-refractivity contribution in [3.63, 3.8) is 0 Å². The second-order valence-electron chi connectivity index (χ2n) is 4.20. The largest absolute Gasteiger partial charge is 0.314 e. The van der Waals surface area contributed by atoms with E-state index in [0.717, 1.165) is 18.7 Å². The fraction of sp³-hybridized carbons (Fsp3) is 0.500. The van der Waals surface area contributed by atoms with Gasteiger partial charge in [-0.15, -0.1) is 12.4 Å². The molecule has 0 unspecified atom stereocenters. The van der Waals surface area contributed by atoms with E-state index in [1.54, 1.807) is 4.31 Å². The summed E-state index contributed by atoms with van der Waals surface area (Å²) in [5.41, 5.74) is 1.08. The van der Waals surface area contributed by atoms with Gasteiger partial charge in [0.25, 0.3) is 0 Å². The van der Waals surface area contributed by atoms with E-state index in [2.05, 4.69) is 5.32 Å². The molecule has 1 fully saturated rings. The normalized spacial score (nSPS) is 17.1. The molecule has 0 radical (unpaired) electrons. The van der Waals surface area contributed by atoms with Gasteiger partial charge in [-0.05, 0) is 12.0 Å². The molecule has 18 heavy (non-hydrogen) atoms. The van der Waals surface area contributed by atoms with E-state index < -0.39 is 10.0 Å². The van der Waals surface area contributed by atoms with Crippen molar-refractivity contribution in [1.29, 1.82) is 0 Å². The first-order chi connectivity index (χ1) is 8.18. The fourth-order valence-electron chi connectivity index (χ4n) is 1.94. The summed E-state index contributed by atoms with van der Waals surface area (Å²) >= 11 is 0. The first kappa shape index (κ1) is 15.4. The Morgan fingerprint density at radius 1 is 1.11 bits per heavy atom. The van der Waals surface area contributed by atoms with Gasteiger partial charge in [0, 0.05) is 26.2 Å². The average Bonchev–Trinajstić information content (AvgIpc) is 2.39. The molecule has 4 nitrogen and oxygen atoms in total. The van der Waals surface area contributed by atoms with E-state index in [9.17, 15) is 8.42 Å². The molecule has 1 N–H and O–H groups in total. The minimum atomic E-state index is -3.09. The average molecular weight is 291 g/mol. The van der Waals surface area contributed by atoms with Crippen LogP contribution < -0.4 is 5.32 Å². The van der Waals surface area contributed by atoms with Gasteiger partial charge in [-0.2, -0.15) is 4.31 Å². The summed E-state index contributed by atoms with van der Waals surface area (Å²) in [6.45, 7) is 2.70. The monoisotopic (exact) mass is 290 g/mol. The summed E-state index contributed by atoms with van der Waals surface area (Å²) in [5, 5.41) is 3.15. The van der Waals surface area contributed by atoms with E-state index in [4.69, 9.17) is 0 Å². The first-order valence-corrected chi connectivity index (χ1v) is 7.52. The quantitative estimate of drug-likeness (QED) is 0.896. The van der Waals surface area contributed by atoms with Crippen LogP contribution in [-0.2, 0) is 16.4 Å². The van der Waals surface area contributed by atoms with Crippen LogP contribution in [0.3, 0.4) is 0 Å². The molecule has 6 heteroatoms. The molecule has 102 valence electrons. The molecule has 1 aliphatic rings. The van der Waals surface area contributed by atoms with E-state index in [1.165, 1.54) is 0 Å². The van der Waals surface area contributed by atoms with Crippen LogP contribution in [0.4, 0.5) is 0 Å². The Bertz CT molecular complexity index is 444. The third-order valence-corrected chi connectivity index (χ3v) is 4.83. The third kappa shape index (κ3) is 4.24. The lowest BCUT2D eigenvalue weighted by Crippen LogP contribution is -2.47. The van der Waals surface area contributed by atoms with Crippen LogP contribution >= 0.6 is 12.4 Å². The number of rotatable bonds is 4. The maximum Gasteiger partial charge on any atom is 0.214 e. The molecule has 2 rings (SSSR count). The van der Waals surface area contributed by atoms with E-state index >= 15 is 0 Å². The molecule has 0 bridgehead atoms. The van der Waals surface area contributed by atoms with Crippen molar-refractivity contribution in [2.45, 2.75) is 6.42 Å². The summed E-state index contributed by atoms with van der Waals surface area (Å²) in [6, 6.07) is 9.74. The number of sulfonamides is 1. The number of nitrogens with zero attached hydrogens (tertiary/aromatic N) is 1. The maximum absolute atomic E-state index is 12.1. The van der Waals surface area contributed by atoms with Crippen LogP contribution in [0.1, 0.15) is 5.56 Å². The van der Waals surface area contributed by atoms with Gasteiger partial charge < -0.3 is 5.32 Å². The fourth-order valence-corrected chi connectivity index (χ4v) is 3.43. The van der Waals surface area contributed by atoms with E-state index in [0.29, 0.717) is 19.5 Å². The predicted octanol–water partition coefficient (Wildman–Crippen LogP) is 0.886. The number of hydrogen-bond donors (Lipinski definition) is 1. The van der Waals surface area contributed by atoms with Crippen LogP contribution in [0.2, 0.25) is 0 Å². The molecular weight excluding hydrogens is 272 g/mol. The van der Waals surface area contributed by atoms with Crippen molar-refractivity contribution in [1.82, 2.24) is 9.62 Å². The van der Waals surface area contributed by atoms with Gasteiger partial charge in [0.1, 0.15) is 0 Å². The third-order valence-electron chi connectivity index (χ3n) is 2.96. The minimum absolute atomic E-state index is 0. The van der Waals surface area contributed by atoms with Gasteiger partial charge in [-0.25, -0.2) is 8.42 Å². The molecule has 0 aromatic heterocycles. The number of aryl methyl sites for hydroxylation is 1. The summed E-state index contributed by atoms with van der Waals surface area (Å²) in [6.07, 6.45) is 0.590. The predicted molar refractivity (Wildman–Crippen MR) is 75.6 cm³/mol. The Labute approximate surface area is 115 Å². The Morgan fingerprint density at radius 3 is 2.33 bits per heavy atom. The smallest absolute Gasteiger partial charge is 0.214 e. The van der Waals surface area contributed by atoms with Gasteiger partial charge in [0.15, 0.2) is 0 Å². The van der Waals surface area contributed by atoms with Gasteiger partial charge in [-0.1, -0.05) is 30.3 Å². The Morgan fingerprint density at radius 2 is 1.72 bits per heavy atom. The topological polar surface area (TPSA) is 49.4 Å². The highest BCUT2D eigenvalue weighted by Crippen LogP contribution is 2.07. The standard InChI is InChI=1S/C12H18N2O2S.ClH/c15-17(16,14-9-7-13-8-10-14)11-6-12-4-2-1-3-5-12;/h1-5,13H,6-11H2;1H. The minimum Gasteiger partial charge on any atom is -0.314 e. The number of nitrogens with one attached hydrogen (secondary N) is 1. The van der Waals surface area contributed by atoms with Crippen molar-refractivity contribution in [3.05, 3.63) is 35.9 Å². The van der Waals surface area contributed by atoms with Crippen LogP contribution in [0.5, 0.6) is 0 Å². The second-order valence-corrected chi connectivity index (χ2v) is 6.29.